The van der Waals surface area contributed by atoms with Gasteiger partial charge in [0.15, 0.2) is 6.61 Å². The van der Waals surface area contributed by atoms with Crippen LogP contribution >= 0.6 is 0 Å². The first kappa shape index (κ1) is 11.8. The lowest BCUT2D eigenvalue weighted by atomic mass is 9.85. The number of ether oxygens (including phenoxy) is 1. The summed E-state index contributed by atoms with van der Waals surface area (Å²) in [4.78, 5) is 3.49. The van der Waals surface area contributed by atoms with Crippen molar-refractivity contribution < 1.29 is 28.0 Å². The summed E-state index contributed by atoms with van der Waals surface area (Å²) in [6.45, 7) is -1.50. The fraction of sp³-hybridized carbons (Fsp3) is 0.286. The van der Waals surface area contributed by atoms with Gasteiger partial charge in [-0.3, -0.25) is 4.98 Å². The Balaban J connectivity index is 2.76. The lowest BCUT2D eigenvalue weighted by Gasteiger charge is -2.11. The zero-order valence-electron chi connectivity index (χ0n) is 7.40. The molecule has 4 nitrogen and oxygen atoms in total. The lowest BCUT2D eigenvalue weighted by Crippen LogP contribution is -2.35. The Bertz CT molecular complexity index is 332. The Morgan fingerprint density at radius 3 is 2.60 bits per heavy atom. The van der Waals surface area contributed by atoms with Crippen LogP contribution in [-0.2, 0) is 0 Å². The zero-order chi connectivity index (χ0) is 11.5. The molecule has 0 aliphatic carbocycles. The Kier molecular flexibility index (Phi) is 3.54. The minimum atomic E-state index is -4.48. The van der Waals surface area contributed by atoms with Gasteiger partial charge < -0.3 is 14.8 Å². The Morgan fingerprint density at radius 2 is 2.07 bits per heavy atom. The number of alkyl halides is 3. The highest BCUT2D eigenvalue weighted by Crippen LogP contribution is 2.16. The van der Waals surface area contributed by atoms with E-state index in [1.807, 2.05) is 0 Å². The van der Waals surface area contributed by atoms with Crippen LogP contribution in [0.25, 0.3) is 0 Å². The minimum absolute atomic E-state index is 0.301. The second-order valence-electron chi connectivity index (χ2n) is 2.66. The summed E-state index contributed by atoms with van der Waals surface area (Å²) in [6, 6.07) is 2.51. The third-order valence-electron chi connectivity index (χ3n) is 1.44. The van der Waals surface area contributed by atoms with Crippen molar-refractivity contribution in [3.63, 3.8) is 0 Å². The molecule has 1 rings (SSSR count). The largest absolute Gasteiger partial charge is 0.512 e. The maximum absolute atomic E-state index is 11.8. The molecule has 0 saturated heterocycles. The van der Waals surface area contributed by atoms with Crippen molar-refractivity contribution in [1.82, 2.24) is 4.98 Å². The zero-order valence-corrected chi connectivity index (χ0v) is 7.40. The summed E-state index contributed by atoms with van der Waals surface area (Å²) in [7, 11) is -1.96. The van der Waals surface area contributed by atoms with Gasteiger partial charge in [-0.1, -0.05) is 0 Å². The molecule has 0 fully saturated rings. The van der Waals surface area contributed by atoms with Crippen molar-refractivity contribution in [2.45, 2.75) is 6.18 Å². The van der Waals surface area contributed by atoms with Gasteiger partial charge in [0.2, 0.25) is 0 Å². The molecule has 0 saturated carbocycles. The highest BCUT2D eigenvalue weighted by molar-refractivity contribution is 6.58. The number of hydrogen-bond donors (Lipinski definition) is 2. The number of rotatable bonds is 3. The summed E-state index contributed by atoms with van der Waals surface area (Å²) < 4.78 is 39.8. The molecule has 0 radical (unpaired) electrons. The number of pyridine rings is 1. The fourth-order valence-electron chi connectivity index (χ4n) is 0.878. The number of nitrogens with zero attached hydrogens (tertiary/aromatic N) is 1. The average molecular weight is 221 g/mol. The van der Waals surface area contributed by atoms with Crippen molar-refractivity contribution in [3.05, 3.63) is 18.3 Å². The first-order chi connectivity index (χ1) is 6.90. The van der Waals surface area contributed by atoms with Gasteiger partial charge in [0, 0.05) is 6.20 Å². The molecule has 1 aromatic heterocycles. The summed E-state index contributed by atoms with van der Waals surface area (Å²) in [5.41, 5.74) is -0.346. The van der Waals surface area contributed by atoms with E-state index in [0.717, 1.165) is 0 Å². The number of halogens is 3. The molecule has 8 heteroatoms. The summed E-state index contributed by atoms with van der Waals surface area (Å²) >= 11 is 0. The van der Waals surface area contributed by atoms with Gasteiger partial charge in [-0.25, -0.2) is 0 Å². The van der Waals surface area contributed by atoms with E-state index in [0.29, 0.717) is 0 Å². The van der Waals surface area contributed by atoms with Gasteiger partial charge in [-0.05, 0) is 12.1 Å². The predicted molar refractivity (Wildman–Crippen MR) is 45.6 cm³/mol. The molecule has 15 heavy (non-hydrogen) atoms. The van der Waals surface area contributed by atoms with E-state index in [-0.39, 0.29) is 11.3 Å². The van der Waals surface area contributed by atoms with Gasteiger partial charge in [0.05, 0.1) is 0 Å². The van der Waals surface area contributed by atoms with E-state index in [4.69, 9.17) is 10.0 Å². The summed E-state index contributed by atoms with van der Waals surface area (Å²) in [5, 5.41) is 17.5. The molecule has 0 aliphatic heterocycles. The standard InChI is InChI=1S/C7H7BF3NO3/c9-7(10,11)4-15-5-2-1-3-12-6(5)8(13)14/h1-3,13-14H,4H2. The SMILES string of the molecule is OB(O)c1ncccc1OCC(F)(F)F. The maximum atomic E-state index is 11.8. The Hall–Kier alpha value is -1.28. The first-order valence-corrected chi connectivity index (χ1v) is 3.91. The van der Waals surface area contributed by atoms with Crippen LogP contribution in [0.15, 0.2) is 18.3 Å². The third kappa shape index (κ3) is 3.76. The maximum Gasteiger partial charge on any atom is 0.512 e. The molecule has 1 aromatic rings. The van der Waals surface area contributed by atoms with Crippen LogP contribution in [0.5, 0.6) is 5.75 Å². The molecule has 0 aliphatic rings. The quantitative estimate of drug-likeness (QED) is 0.688. The average Bonchev–Trinajstić information content (AvgIpc) is 2.14. The second kappa shape index (κ2) is 4.50. The van der Waals surface area contributed by atoms with Crippen LogP contribution in [0.2, 0.25) is 0 Å². The molecule has 82 valence electrons. The molecule has 1 heterocycles. The van der Waals surface area contributed by atoms with Gasteiger partial charge in [0.1, 0.15) is 11.3 Å². The van der Waals surface area contributed by atoms with E-state index < -0.39 is 19.9 Å². The molecule has 0 spiro atoms. The molecular formula is C7H7BF3NO3. The molecule has 0 bridgehead atoms. The monoisotopic (exact) mass is 221 g/mol. The van der Waals surface area contributed by atoms with E-state index in [9.17, 15) is 13.2 Å². The number of aromatic nitrogens is 1. The van der Waals surface area contributed by atoms with E-state index in [1.165, 1.54) is 18.3 Å². The van der Waals surface area contributed by atoms with E-state index in [2.05, 4.69) is 9.72 Å². The minimum Gasteiger partial charge on any atom is -0.483 e. The highest BCUT2D eigenvalue weighted by Gasteiger charge is 2.29. The van der Waals surface area contributed by atoms with Gasteiger partial charge in [0.25, 0.3) is 0 Å². The molecule has 0 amide bonds. The van der Waals surface area contributed by atoms with Crippen molar-refractivity contribution in [1.29, 1.82) is 0 Å². The highest BCUT2D eigenvalue weighted by atomic mass is 19.4. The van der Waals surface area contributed by atoms with E-state index >= 15 is 0 Å². The van der Waals surface area contributed by atoms with Crippen molar-refractivity contribution in [2.75, 3.05) is 6.61 Å². The Morgan fingerprint density at radius 1 is 1.40 bits per heavy atom. The molecule has 0 aromatic carbocycles. The van der Waals surface area contributed by atoms with Crippen molar-refractivity contribution >= 4 is 12.7 Å². The van der Waals surface area contributed by atoms with Crippen molar-refractivity contribution in [2.24, 2.45) is 0 Å². The van der Waals surface area contributed by atoms with Gasteiger partial charge in [-0.15, -0.1) is 0 Å². The van der Waals surface area contributed by atoms with Crippen LogP contribution in [0, 0.1) is 0 Å². The van der Waals surface area contributed by atoms with Crippen LogP contribution in [0.1, 0.15) is 0 Å². The second-order valence-corrected chi connectivity index (χ2v) is 2.66. The van der Waals surface area contributed by atoms with Crippen LogP contribution in [-0.4, -0.2) is 34.9 Å². The molecule has 0 unspecified atom stereocenters. The normalized spacial score (nSPS) is 11.3. The summed E-state index contributed by atoms with van der Waals surface area (Å²) in [5.74, 6) is -0.301. The van der Waals surface area contributed by atoms with Crippen LogP contribution in [0.3, 0.4) is 0 Å². The first-order valence-electron chi connectivity index (χ1n) is 3.91. The predicted octanol–water partition coefficient (Wildman–Crippen LogP) is -0.298. The lowest BCUT2D eigenvalue weighted by molar-refractivity contribution is -0.153. The summed E-state index contributed by atoms with van der Waals surface area (Å²) in [6.07, 6.45) is -3.26. The smallest absolute Gasteiger partial charge is 0.483 e. The third-order valence-corrected chi connectivity index (χ3v) is 1.44. The van der Waals surface area contributed by atoms with E-state index in [1.54, 1.807) is 0 Å². The molecular weight excluding hydrogens is 214 g/mol. The fourth-order valence-corrected chi connectivity index (χ4v) is 0.878. The Labute approximate surface area is 83.5 Å². The van der Waals surface area contributed by atoms with Crippen LogP contribution in [0.4, 0.5) is 13.2 Å². The van der Waals surface area contributed by atoms with Crippen molar-refractivity contribution in [3.8, 4) is 5.75 Å². The van der Waals surface area contributed by atoms with Crippen LogP contribution < -0.4 is 10.3 Å². The number of hydrogen-bond acceptors (Lipinski definition) is 4. The molecule has 2 N–H and O–H groups in total. The molecule has 0 atom stereocenters. The van der Waals surface area contributed by atoms with Gasteiger partial charge >= 0.3 is 13.3 Å². The van der Waals surface area contributed by atoms with Gasteiger partial charge in [-0.2, -0.15) is 13.2 Å². The topological polar surface area (TPSA) is 62.6 Å².